The molecule has 0 saturated carbocycles. The van der Waals surface area contributed by atoms with Crippen LogP contribution in [0.4, 0.5) is 0 Å². The van der Waals surface area contributed by atoms with E-state index in [1.54, 1.807) is 0 Å². The predicted molar refractivity (Wildman–Crippen MR) is 132 cm³/mol. The summed E-state index contributed by atoms with van der Waals surface area (Å²) in [6, 6.07) is 2.22. The molecule has 7 heteroatoms. The number of ketones is 1. The summed E-state index contributed by atoms with van der Waals surface area (Å²) in [6.07, 6.45) is 8.99. The Hall–Kier alpha value is -1.70. The lowest BCUT2D eigenvalue weighted by Crippen LogP contribution is -2.41. The van der Waals surface area contributed by atoms with Gasteiger partial charge in [-0.05, 0) is 95.8 Å². The van der Waals surface area contributed by atoms with E-state index in [2.05, 4.69) is 47.6 Å². The van der Waals surface area contributed by atoms with E-state index in [1.807, 2.05) is 10.9 Å². The van der Waals surface area contributed by atoms with Gasteiger partial charge in [0.2, 0.25) is 0 Å². The summed E-state index contributed by atoms with van der Waals surface area (Å²) in [5.74, 6) is 0.343. The zero-order valence-electron chi connectivity index (χ0n) is 21.2. The molecule has 1 atom stereocenters. The Morgan fingerprint density at radius 3 is 2.55 bits per heavy atom. The Morgan fingerprint density at radius 1 is 1.18 bits per heavy atom. The highest BCUT2D eigenvalue weighted by Gasteiger charge is 2.52. The van der Waals surface area contributed by atoms with Crippen LogP contribution in [0.5, 0.6) is 0 Å². The Labute approximate surface area is 198 Å². The monoisotopic (exact) mass is 454 g/mol. The number of benzene rings is 1. The molecular formula is C26H39BN2O4. The highest BCUT2D eigenvalue weighted by Crippen LogP contribution is 2.38. The summed E-state index contributed by atoms with van der Waals surface area (Å²) < 4.78 is 21.1. The van der Waals surface area contributed by atoms with Crippen molar-refractivity contribution in [2.45, 2.75) is 110 Å². The smallest absolute Gasteiger partial charge is 0.399 e. The van der Waals surface area contributed by atoms with Crippen molar-refractivity contribution in [3.63, 3.8) is 0 Å². The molecule has 3 heterocycles. The number of carbonyl (C=O) groups excluding carboxylic acids is 1. The number of aromatic nitrogens is 2. The predicted octanol–water partition coefficient (Wildman–Crippen LogP) is 5.03. The van der Waals surface area contributed by atoms with E-state index in [9.17, 15) is 4.79 Å². The van der Waals surface area contributed by atoms with Gasteiger partial charge in [-0.3, -0.25) is 4.79 Å². The van der Waals surface area contributed by atoms with Gasteiger partial charge in [0.05, 0.1) is 22.9 Å². The molecule has 2 aliphatic rings. The van der Waals surface area contributed by atoms with Crippen LogP contribution in [-0.4, -0.2) is 40.5 Å². The van der Waals surface area contributed by atoms with Gasteiger partial charge < -0.3 is 14.0 Å². The van der Waals surface area contributed by atoms with Crippen molar-refractivity contribution in [1.29, 1.82) is 0 Å². The Bertz CT molecular complexity index is 991. The van der Waals surface area contributed by atoms with E-state index in [0.29, 0.717) is 18.6 Å². The molecule has 1 aromatic heterocycles. The fraction of sp³-hybridized carbons (Fsp3) is 0.692. The first-order valence-electron chi connectivity index (χ1n) is 12.6. The second-order valence-electron chi connectivity index (χ2n) is 10.7. The van der Waals surface area contributed by atoms with Crippen molar-refractivity contribution in [3.8, 4) is 0 Å². The molecule has 0 radical (unpaired) electrons. The maximum atomic E-state index is 12.1. The van der Waals surface area contributed by atoms with E-state index in [4.69, 9.17) is 19.1 Å². The molecule has 33 heavy (non-hydrogen) atoms. The van der Waals surface area contributed by atoms with E-state index in [0.717, 1.165) is 61.5 Å². The molecule has 4 rings (SSSR count). The quantitative estimate of drug-likeness (QED) is 0.524. The summed E-state index contributed by atoms with van der Waals surface area (Å²) in [6.45, 7) is 13.3. The molecule has 2 saturated heterocycles. The van der Waals surface area contributed by atoms with Crippen LogP contribution in [0.3, 0.4) is 0 Å². The molecule has 2 aromatic rings. The lowest BCUT2D eigenvalue weighted by atomic mass is 9.71. The molecule has 1 unspecified atom stereocenters. The van der Waals surface area contributed by atoms with Gasteiger partial charge in [0.25, 0.3) is 0 Å². The molecule has 0 aliphatic carbocycles. The van der Waals surface area contributed by atoms with Crippen LogP contribution in [0, 0.1) is 6.92 Å². The maximum Gasteiger partial charge on any atom is 0.495 e. The average molecular weight is 454 g/mol. The Balaban J connectivity index is 1.75. The normalized spacial score (nSPS) is 22.2. The van der Waals surface area contributed by atoms with Gasteiger partial charge in [-0.15, -0.1) is 0 Å². The highest BCUT2D eigenvalue weighted by molar-refractivity contribution is 6.65. The SMILES string of the molecule is CCCC(=O)CCCc1c(C)cc2c(cnn2C2CCCCO2)c1B1OC(C)(C)C(C)(C)O1. The molecule has 0 bridgehead atoms. The summed E-state index contributed by atoms with van der Waals surface area (Å²) in [5, 5.41) is 5.82. The Kier molecular flexibility index (Phi) is 7.04. The van der Waals surface area contributed by atoms with Crippen LogP contribution in [-0.2, 0) is 25.3 Å². The van der Waals surface area contributed by atoms with Crippen molar-refractivity contribution >= 4 is 29.3 Å². The zero-order chi connectivity index (χ0) is 23.8. The number of Topliss-reactive ketones (excluding diaryl/α,β-unsaturated/α-hetero) is 1. The van der Waals surface area contributed by atoms with Crippen LogP contribution < -0.4 is 5.46 Å². The van der Waals surface area contributed by atoms with Crippen molar-refractivity contribution in [1.82, 2.24) is 9.78 Å². The number of hydrogen-bond acceptors (Lipinski definition) is 5. The van der Waals surface area contributed by atoms with Gasteiger partial charge in [0.15, 0.2) is 6.23 Å². The second kappa shape index (κ2) is 9.51. The third kappa shape index (κ3) is 4.78. The molecule has 2 aliphatic heterocycles. The third-order valence-electron chi connectivity index (χ3n) is 7.61. The van der Waals surface area contributed by atoms with Gasteiger partial charge in [0.1, 0.15) is 5.78 Å². The molecule has 1 aromatic carbocycles. The average Bonchev–Trinajstić information content (AvgIpc) is 3.26. The molecule has 6 nitrogen and oxygen atoms in total. The fourth-order valence-corrected chi connectivity index (χ4v) is 4.96. The van der Waals surface area contributed by atoms with E-state index in [1.165, 1.54) is 11.1 Å². The zero-order valence-corrected chi connectivity index (χ0v) is 21.2. The van der Waals surface area contributed by atoms with Crippen LogP contribution >= 0.6 is 0 Å². The number of aryl methyl sites for hydroxylation is 1. The molecular weight excluding hydrogens is 415 g/mol. The first-order valence-corrected chi connectivity index (χ1v) is 12.6. The van der Waals surface area contributed by atoms with Crippen molar-refractivity contribution in [3.05, 3.63) is 23.4 Å². The van der Waals surface area contributed by atoms with E-state index in [-0.39, 0.29) is 6.23 Å². The first kappa shape index (κ1) is 24.4. The van der Waals surface area contributed by atoms with Crippen molar-refractivity contribution in [2.24, 2.45) is 0 Å². The second-order valence-corrected chi connectivity index (χ2v) is 10.7. The van der Waals surface area contributed by atoms with Crippen LogP contribution in [0.2, 0.25) is 0 Å². The van der Waals surface area contributed by atoms with Crippen LogP contribution in [0.25, 0.3) is 10.9 Å². The summed E-state index contributed by atoms with van der Waals surface area (Å²) in [5.41, 5.74) is 3.68. The Morgan fingerprint density at radius 2 is 1.91 bits per heavy atom. The minimum absolute atomic E-state index is 0.0284. The summed E-state index contributed by atoms with van der Waals surface area (Å²) >= 11 is 0. The van der Waals surface area contributed by atoms with Gasteiger partial charge in [0, 0.05) is 24.8 Å². The topological polar surface area (TPSA) is 62.6 Å². The van der Waals surface area contributed by atoms with Gasteiger partial charge in [-0.25, -0.2) is 4.68 Å². The summed E-state index contributed by atoms with van der Waals surface area (Å²) in [7, 11) is -0.469. The van der Waals surface area contributed by atoms with Crippen LogP contribution in [0.1, 0.15) is 96.9 Å². The number of fused-ring (bicyclic) bond motifs is 1. The van der Waals surface area contributed by atoms with Crippen molar-refractivity contribution in [2.75, 3.05) is 6.61 Å². The molecule has 0 amide bonds. The minimum Gasteiger partial charge on any atom is -0.399 e. The first-order chi connectivity index (χ1) is 15.6. The van der Waals surface area contributed by atoms with E-state index < -0.39 is 18.3 Å². The number of rotatable bonds is 8. The summed E-state index contributed by atoms with van der Waals surface area (Å²) in [4.78, 5) is 12.1. The minimum atomic E-state index is -0.469. The largest absolute Gasteiger partial charge is 0.495 e. The van der Waals surface area contributed by atoms with E-state index >= 15 is 0 Å². The van der Waals surface area contributed by atoms with Crippen molar-refractivity contribution < 1.29 is 18.8 Å². The number of ether oxygens (including phenoxy) is 1. The number of nitrogens with zero attached hydrogens (tertiary/aromatic N) is 2. The molecule has 0 N–H and O–H groups in total. The van der Waals surface area contributed by atoms with Gasteiger partial charge >= 0.3 is 7.12 Å². The fourth-order valence-electron chi connectivity index (χ4n) is 4.96. The molecule has 2 fully saturated rings. The highest BCUT2D eigenvalue weighted by atomic mass is 16.7. The number of carbonyl (C=O) groups is 1. The maximum absolute atomic E-state index is 12.1. The van der Waals surface area contributed by atoms with Crippen LogP contribution in [0.15, 0.2) is 12.3 Å². The van der Waals surface area contributed by atoms with Gasteiger partial charge in [-0.2, -0.15) is 5.10 Å². The molecule has 180 valence electrons. The lowest BCUT2D eigenvalue weighted by molar-refractivity contribution is -0.119. The molecule has 0 spiro atoms. The van der Waals surface area contributed by atoms with Gasteiger partial charge in [-0.1, -0.05) is 6.92 Å². The number of hydrogen-bond donors (Lipinski definition) is 0. The standard InChI is InChI=1S/C26H39BN2O4/c1-7-11-19(30)12-10-13-20-18(2)16-22-21(17-28-29(22)23-14-8-9-15-31-23)24(20)27-32-25(3,4)26(5,6)33-27/h16-17,23H,7-15H2,1-6H3. The lowest BCUT2D eigenvalue weighted by Gasteiger charge is -2.32. The third-order valence-corrected chi connectivity index (χ3v) is 7.61.